The molecule has 154 valence electrons. The molecule has 1 aliphatic heterocycles. The van der Waals surface area contributed by atoms with Gasteiger partial charge in [-0.1, -0.05) is 42.0 Å². The summed E-state index contributed by atoms with van der Waals surface area (Å²) in [5, 5.41) is 6.63. The minimum absolute atomic E-state index is 0.140. The summed E-state index contributed by atoms with van der Waals surface area (Å²) in [4.78, 5) is 12.6. The maximum absolute atomic E-state index is 12.6. The lowest BCUT2D eigenvalue weighted by atomic mass is 9.91. The van der Waals surface area contributed by atoms with Crippen LogP contribution in [-0.4, -0.2) is 25.0 Å². The third-order valence-corrected chi connectivity index (χ3v) is 6.49. The second-order valence-corrected chi connectivity index (χ2v) is 8.90. The SMILES string of the molecule is Cc1ccc(COc2ccc(CC(C)NC(=O)C3CC34CCNCC4)cc2)cc1. The predicted molar refractivity (Wildman–Crippen MR) is 116 cm³/mol. The van der Waals surface area contributed by atoms with Crippen molar-refractivity contribution in [3.63, 3.8) is 0 Å². The van der Waals surface area contributed by atoms with Crippen LogP contribution in [0, 0.1) is 18.3 Å². The van der Waals surface area contributed by atoms with Crippen molar-refractivity contribution in [1.29, 1.82) is 0 Å². The summed E-state index contributed by atoms with van der Waals surface area (Å²) in [5.41, 5.74) is 3.94. The van der Waals surface area contributed by atoms with Crippen molar-refractivity contribution in [2.75, 3.05) is 13.1 Å². The largest absolute Gasteiger partial charge is 0.489 e. The van der Waals surface area contributed by atoms with Gasteiger partial charge >= 0.3 is 0 Å². The normalized spacial score (nSPS) is 20.8. The fourth-order valence-electron chi connectivity index (χ4n) is 4.52. The fourth-order valence-corrected chi connectivity index (χ4v) is 4.52. The number of aryl methyl sites for hydroxylation is 1. The summed E-state index contributed by atoms with van der Waals surface area (Å²) in [5.74, 6) is 1.35. The highest BCUT2D eigenvalue weighted by Crippen LogP contribution is 2.58. The molecule has 1 heterocycles. The van der Waals surface area contributed by atoms with E-state index in [0.29, 0.717) is 12.0 Å². The number of ether oxygens (including phenoxy) is 1. The van der Waals surface area contributed by atoms with Crippen LogP contribution in [0.25, 0.3) is 0 Å². The van der Waals surface area contributed by atoms with Crippen molar-refractivity contribution in [3.05, 3.63) is 65.2 Å². The molecule has 2 atom stereocenters. The first-order valence-corrected chi connectivity index (χ1v) is 10.8. The van der Waals surface area contributed by atoms with E-state index in [4.69, 9.17) is 4.74 Å². The van der Waals surface area contributed by atoms with Crippen LogP contribution in [0.3, 0.4) is 0 Å². The maximum Gasteiger partial charge on any atom is 0.223 e. The Balaban J connectivity index is 1.23. The van der Waals surface area contributed by atoms with Crippen molar-refractivity contribution >= 4 is 5.91 Å². The highest BCUT2D eigenvalue weighted by atomic mass is 16.5. The molecule has 4 nitrogen and oxygen atoms in total. The molecule has 0 bridgehead atoms. The average molecular weight is 393 g/mol. The van der Waals surface area contributed by atoms with E-state index in [-0.39, 0.29) is 17.9 Å². The quantitative estimate of drug-likeness (QED) is 0.749. The second-order valence-electron chi connectivity index (χ2n) is 8.90. The molecule has 1 aliphatic carbocycles. The average Bonchev–Trinajstić information content (AvgIpc) is 3.42. The van der Waals surface area contributed by atoms with Crippen molar-refractivity contribution < 1.29 is 9.53 Å². The highest BCUT2D eigenvalue weighted by molar-refractivity contribution is 5.82. The minimum atomic E-state index is 0.140. The molecule has 29 heavy (non-hydrogen) atoms. The van der Waals surface area contributed by atoms with E-state index in [1.54, 1.807) is 0 Å². The maximum atomic E-state index is 12.6. The van der Waals surface area contributed by atoms with Gasteiger partial charge in [0.15, 0.2) is 0 Å². The van der Waals surface area contributed by atoms with E-state index in [1.165, 1.54) is 16.7 Å². The lowest BCUT2D eigenvalue weighted by Crippen LogP contribution is -2.38. The van der Waals surface area contributed by atoms with Crippen molar-refractivity contribution in [2.45, 2.75) is 52.2 Å². The lowest BCUT2D eigenvalue weighted by molar-refractivity contribution is -0.123. The number of hydrogen-bond donors (Lipinski definition) is 2. The Labute approximate surface area is 174 Å². The molecule has 1 spiro atoms. The molecule has 2 aromatic rings. The first-order valence-electron chi connectivity index (χ1n) is 10.8. The standard InChI is InChI=1S/C25H32N2O2/c1-18-3-5-21(6-4-18)17-29-22-9-7-20(8-10-22)15-19(2)27-24(28)23-16-25(23)11-13-26-14-12-25/h3-10,19,23,26H,11-17H2,1-2H3,(H,27,28). The van der Waals surface area contributed by atoms with Crippen LogP contribution in [0.4, 0.5) is 0 Å². The third kappa shape index (κ3) is 4.99. The molecule has 1 saturated carbocycles. The first kappa shape index (κ1) is 20.0. The molecule has 2 aliphatic rings. The van der Waals surface area contributed by atoms with Gasteiger partial charge in [-0.05, 0) is 81.3 Å². The summed E-state index contributed by atoms with van der Waals surface area (Å²) in [6.45, 7) is 6.86. The Hall–Kier alpha value is -2.33. The van der Waals surface area contributed by atoms with Crippen LogP contribution in [0.2, 0.25) is 0 Å². The number of piperidine rings is 1. The summed E-state index contributed by atoms with van der Waals surface area (Å²) < 4.78 is 5.89. The number of benzene rings is 2. The van der Waals surface area contributed by atoms with Crippen LogP contribution in [-0.2, 0) is 17.8 Å². The fraction of sp³-hybridized carbons (Fsp3) is 0.480. The van der Waals surface area contributed by atoms with E-state index in [1.807, 2.05) is 12.1 Å². The number of carbonyl (C=O) groups excluding carboxylic acids is 1. The third-order valence-electron chi connectivity index (χ3n) is 6.49. The summed E-state index contributed by atoms with van der Waals surface area (Å²) in [7, 11) is 0. The number of amides is 1. The van der Waals surface area contributed by atoms with Crippen LogP contribution < -0.4 is 15.4 Å². The van der Waals surface area contributed by atoms with E-state index >= 15 is 0 Å². The van der Waals surface area contributed by atoms with Gasteiger partial charge in [0.05, 0.1) is 0 Å². The summed E-state index contributed by atoms with van der Waals surface area (Å²) in [6, 6.07) is 16.8. The molecular formula is C25H32N2O2. The Bertz CT molecular complexity index is 823. The molecule has 4 rings (SSSR count). The van der Waals surface area contributed by atoms with Crippen molar-refractivity contribution in [1.82, 2.24) is 10.6 Å². The number of hydrogen-bond acceptors (Lipinski definition) is 3. The molecule has 2 N–H and O–H groups in total. The van der Waals surface area contributed by atoms with Crippen LogP contribution in [0.5, 0.6) is 5.75 Å². The number of rotatable bonds is 7. The van der Waals surface area contributed by atoms with Crippen LogP contribution in [0.1, 0.15) is 42.9 Å². The summed E-state index contributed by atoms with van der Waals surface area (Å²) in [6.07, 6.45) is 4.19. The molecule has 2 unspecified atom stereocenters. The van der Waals surface area contributed by atoms with E-state index < -0.39 is 0 Å². The molecular weight excluding hydrogens is 360 g/mol. The molecule has 2 aromatic carbocycles. The Morgan fingerprint density at radius 1 is 1.10 bits per heavy atom. The van der Waals surface area contributed by atoms with Gasteiger partial charge in [0.1, 0.15) is 12.4 Å². The highest BCUT2D eigenvalue weighted by Gasteiger charge is 2.57. The van der Waals surface area contributed by atoms with E-state index in [0.717, 1.165) is 44.5 Å². The van der Waals surface area contributed by atoms with Gasteiger partial charge in [-0.25, -0.2) is 0 Å². The minimum Gasteiger partial charge on any atom is -0.489 e. The Morgan fingerprint density at radius 3 is 2.45 bits per heavy atom. The molecule has 2 fully saturated rings. The number of nitrogens with one attached hydrogen (secondary N) is 2. The van der Waals surface area contributed by atoms with Gasteiger partial charge in [0.25, 0.3) is 0 Å². The molecule has 1 amide bonds. The smallest absolute Gasteiger partial charge is 0.223 e. The Morgan fingerprint density at radius 2 is 1.76 bits per heavy atom. The number of carbonyl (C=O) groups is 1. The second kappa shape index (κ2) is 8.58. The zero-order valence-corrected chi connectivity index (χ0v) is 17.5. The van der Waals surface area contributed by atoms with Gasteiger partial charge in [0.2, 0.25) is 5.91 Å². The summed E-state index contributed by atoms with van der Waals surface area (Å²) >= 11 is 0. The Kier molecular flexibility index (Phi) is 5.91. The predicted octanol–water partition coefficient (Wildman–Crippen LogP) is 4.01. The van der Waals surface area contributed by atoms with Crippen LogP contribution in [0.15, 0.2) is 48.5 Å². The van der Waals surface area contributed by atoms with Gasteiger partial charge < -0.3 is 15.4 Å². The first-order chi connectivity index (χ1) is 14.0. The van der Waals surface area contributed by atoms with E-state index in [2.05, 4.69) is 60.9 Å². The molecule has 0 aromatic heterocycles. The van der Waals surface area contributed by atoms with E-state index in [9.17, 15) is 4.79 Å². The molecule has 0 radical (unpaired) electrons. The molecule has 1 saturated heterocycles. The monoisotopic (exact) mass is 392 g/mol. The van der Waals surface area contributed by atoms with Gasteiger partial charge in [-0.3, -0.25) is 4.79 Å². The zero-order chi connectivity index (χ0) is 20.3. The zero-order valence-electron chi connectivity index (χ0n) is 17.5. The molecule has 4 heteroatoms. The van der Waals surface area contributed by atoms with Crippen LogP contribution >= 0.6 is 0 Å². The van der Waals surface area contributed by atoms with Gasteiger partial charge in [-0.2, -0.15) is 0 Å². The van der Waals surface area contributed by atoms with Gasteiger partial charge in [-0.15, -0.1) is 0 Å². The van der Waals surface area contributed by atoms with Gasteiger partial charge in [0, 0.05) is 12.0 Å². The lowest BCUT2D eigenvalue weighted by Gasteiger charge is -2.23. The topological polar surface area (TPSA) is 50.4 Å². The van der Waals surface area contributed by atoms with Crippen molar-refractivity contribution in [3.8, 4) is 5.75 Å². The van der Waals surface area contributed by atoms with Crippen molar-refractivity contribution in [2.24, 2.45) is 11.3 Å².